The van der Waals surface area contributed by atoms with E-state index in [9.17, 15) is 4.39 Å². The number of nitrogens with one attached hydrogen (secondary N) is 1. The van der Waals surface area contributed by atoms with Gasteiger partial charge in [-0.25, -0.2) is 4.39 Å². The lowest BCUT2D eigenvalue weighted by Gasteiger charge is -2.29. The van der Waals surface area contributed by atoms with Crippen molar-refractivity contribution in [1.82, 2.24) is 5.32 Å². The Hall–Kier alpha value is -0.890. The molecule has 0 amide bonds. The van der Waals surface area contributed by atoms with E-state index in [1.165, 1.54) is 24.8 Å². The molecular formula is C17H24FN. The molecule has 19 heavy (non-hydrogen) atoms. The third kappa shape index (κ3) is 2.43. The Morgan fingerprint density at radius 2 is 1.74 bits per heavy atom. The summed E-state index contributed by atoms with van der Waals surface area (Å²) in [6.45, 7) is 7.24. The predicted octanol–water partition coefficient (Wildman–Crippen LogP) is 4.14. The number of aryl methyl sites for hydroxylation is 2. The van der Waals surface area contributed by atoms with Gasteiger partial charge >= 0.3 is 0 Å². The zero-order valence-electron chi connectivity index (χ0n) is 12.2. The van der Waals surface area contributed by atoms with Gasteiger partial charge in [0.15, 0.2) is 0 Å². The van der Waals surface area contributed by atoms with Crippen molar-refractivity contribution >= 4 is 0 Å². The highest BCUT2D eigenvalue weighted by atomic mass is 19.1. The van der Waals surface area contributed by atoms with Gasteiger partial charge in [-0.15, -0.1) is 0 Å². The van der Waals surface area contributed by atoms with E-state index >= 15 is 0 Å². The van der Waals surface area contributed by atoms with Crippen LogP contribution in [-0.2, 0) is 0 Å². The molecule has 3 unspecified atom stereocenters. The van der Waals surface area contributed by atoms with Crippen molar-refractivity contribution in [3.8, 4) is 0 Å². The van der Waals surface area contributed by atoms with Crippen molar-refractivity contribution in [3.63, 3.8) is 0 Å². The number of rotatable bonds is 4. The zero-order chi connectivity index (χ0) is 13.6. The first-order chi connectivity index (χ1) is 9.10. The lowest BCUT2D eigenvalue weighted by molar-refractivity contribution is 0.344. The SMILES string of the molecule is CCNC(c1c(C)cc(F)cc1C)C1CC2CC2C1. The summed E-state index contributed by atoms with van der Waals surface area (Å²) in [6, 6.07) is 3.78. The number of hydrogen-bond acceptors (Lipinski definition) is 1. The maximum Gasteiger partial charge on any atom is 0.123 e. The van der Waals surface area contributed by atoms with Crippen LogP contribution >= 0.6 is 0 Å². The van der Waals surface area contributed by atoms with Gasteiger partial charge in [-0.05, 0) is 86.2 Å². The highest BCUT2D eigenvalue weighted by Crippen LogP contribution is 2.57. The second kappa shape index (κ2) is 4.90. The van der Waals surface area contributed by atoms with Crippen molar-refractivity contribution in [2.24, 2.45) is 17.8 Å². The molecule has 2 fully saturated rings. The number of benzene rings is 1. The summed E-state index contributed by atoms with van der Waals surface area (Å²) < 4.78 is 13.5. The standard InChI is InChI=1S/C17H24FN/c1-4-19-17(14-8-12-7-13(12)9-14)16-10(2)5-15(18)6-11(16)3/h5-6,12-14,17,19H,4,7-9H2,1-3H3. The normalized spacial score (nSPS) is 30.2. The van der Waals surface area contributed by atoms with E-state index in [1.54, 1.807) is 12.1 Å². The van der Waals surface area contributed by atoms with Gasteiger partial charge in [0.2, 0.25) is 0 Å². The summed E-state index contributed by atoms with van der Waals surface area (Å²) in [7, 11) is 0. The van der Waals surface area contributed by atoms with Crippen LogP contribution in [0, 0.1) is 37.4 Å². The quantitative estimate of drug-likeness (QED) is 0.859. The Labute approximate surface area is 115 Å². The van der Waals surface area contributed by atoms with E-state index in [4.69, 9.17) is 0 Å². The molecule has 1 aromatic carbocycles. The molecule has 0 aromatic heterocycles. The van der Waals surface area contributed by atoms with Crippen LogP contribution in [0.3, 0.4) is 0 Å². The fraction of sp³-hybridized carbons (Fsp3) is 0.647. The second-order valence-corrected chi connectivity index (χ2v) is 6.48. The molecule has 0 saturated heterocycles. The minimum absolute atomic E-state index is 0.108. The Morgan fingerprint density at radius 3 is 2.26 bits per heavy atom. The molecule has 0 bridgehead atoms. The highest BCUT2D eigenvalue weighted by molar-refractivity contribution is 5.37. The molecule has 3 atom stereocenters. The molecule has 0 spiro atoms. The summed E-state index contributed by atoms with van der Waals surface area (Å²) in [5.41, 5.74) is 3.54. The Kier molecular flexibility index (Phi) is 3.38. The Morgan fingerprint density at radius 1 is 1.16 bits per heavy atom. The average Bonchev–Trinajstić information content (AvgIpc) is 2.94. The minimum atomic E-state index is -0.108. The maximum absolute atomic E-state index is 13.5. The van der Waals surface area contributed by atoms with E-state index in [1.807, 2.05) is 13.8 Å². The molecule has 0 aliphatic heterocycles. The molecular weight excluding hydrogens is 237 g/mol. The first kappa shape index (κ1) is 13.1. The molecule has 1 nitrogen and oxygen atoms in total. The molecule has 3 rings (SSSR count). The van der Waals surface area contributed by atoms with E-state index < -0.39 is 0 Å². The molecule has 0 radical (unpaired) electrons. The number of fused-ring (bicyclic) bond motifs is 1. The second-order valence-electron chi connectivity index (χ2n) is 6.48. The number of hydrogen-bond donors (Lipinski definition) is 1. The Bertz CT molecular complexity index is 449. The van der Waals surface area contributed by atoms with Crippen molar-refractivity contribution in [3.05, 3.63) is 34.6 Å². The Balaban J connectivity index is 1.91. The van der Waals surface area contributed by atoms with Crippen molar-refractivity contribution in [1.29, 1.82) is 0 Å². The van der Waals surface area contributed by atoms with Crippen molar-refractivity contribution < 1.29 is 4.39 Å². The van der Waals surface area contributed by atoms with Crippen LogP contribution in [0.4, 0.5) is 4.39 Å². The summed E-state index contributed by atoms with van der Waals surface area (Å²) in [4.78, 5) is 0. The van der Waals surface area contributed by atoms with Gasteiger partial charge in [-0.1, -0.05) is 6.92 Å². The average molecular weight is 261 g/mol. The van der Waals surface area contributed by atoms with Crippen LogP contribution in [0.2, 0.25) is 0 Å². The van der Waals surface area contributed by atoms with E-state index in [2.05, 4.69) is 12.2 Å². The fourth-order valence-corrected chi connectivity index (χ4v) is 4.17. The molecule has 104 valence electrons. The summed E-state index contributed by atoms with van der Waals surface area (Å²) >= 11 is 0. The third-order valence-electron chi connectivity index (χ3n) is 5.04. The van der Waals surface area contributed by atoms with Gasteiger partial charge in [-0.2, -0.15) is 0 Å². The van der Waals surface area contributed by atoms with Crippen molar-refractivity contribution in [2.45, 2.75) is 46.1 Å². The number of halogens is 1. The van der Waals surface area contributed by atoms with Gasteiger partial charge in [-0.3, -0.25) is 0 Å². The van der Waals surface area contributed by atoms with Crippen molar-refractivity contribution in [2.75, 3.05) is 6.54 Å². The van der Waals surface area contributed by atoms with Crippen LogP contribution in [0.15, 0.2) is 12.1 Å². The largest absolute Gasteiger partial charge is 0.310 e. The lowest BCUT2D eigenvalue weighted by atomic mass is 9.84. The van der Waals surface area contributed by atoms with Crippen LogP contribution in [0.1, 0.15) is 48.9 Å². The fourth-order valence-electron chi connectivity index (χ4n) is 4.17. The van der Waals surface area contributed by atoms with Gasteiger partial charge in [0.05, 0.1) is 0 Å². The van der Waals surface area contributed by atoms with Crippen LogP contribution in [-0.4, -0.2) is 6.54 Å². The molecule has 2 aliphatic carbocycles. The van der Waals surface area contributed by atoms with E-state index in [0.29, 0.717) is 6.04 Å². The first-order valence-corrected chi connectivity index (χ1v) is 7.60. The summed E-state index contributed by atoms with van der Waals surface area (Å²) in [5, 5.41) is 3.66. The van der Waals surface area contributed by atoms with Crippen LogP contribution < -0.4 is 5.32 Å². The highest BCUT2D eigenvalue weighted by Gasteiger charge is 2.48. The molecule has 1 aromatic rings. The first-order valence-electron chi connectivity index (χ1n) is 7.60. The molecule has 0 heterocycles. The summed E-state index contributed by atoms with van der Waals surface area (Å²) in [6.07, 6.45) is 4.17. The molecule has 2 heteroatoms. The topological polar surface area (TPSA) is 12.0 Å². The van der Waals surface area contributed by atoms with Gasteiger partial charge in [0, 0.05) is 6.04 Å². The predicted molar refractivity (Wildman–Crippen MR) is 76.6 cm³/mol. The van der Waals surface area contributed by atoms with Crippen LogP contribution in [0.5, 0.6) is 0 Å². The van der Waals surface area contributed by atoms with E-state index in [0.717, 1.165) is 35.4 Å². The zero-order valence-corrected chi connectivity index (χ0v) is 12.2. The maximum atomic E-state index is 13.5. The van der Waals surface area contributed by atoms with E-state index in [-0.39, 0.29) is 5.82 Å². The smallest absolute Gasteiger partial charge is 0.123 e. The molecule has 1 N–H and O–H groups in total. The molecule has 2 aliphatic rings. The monoisotopic (exact) mass is 261 g/mol. The molecule has 2 saturated carbocycles. The van der Waals surface area contributed by atoms with Gasteiger partial charge < -0.3 is 5.32 Å². The van der Waals surface area contributed by atoms with Gasteiger partial charge in [0.25, 0.3) is 0 Å². The van der Waals surface area contributed by atoms with Crippen LogP contribution in [0.25, 0.3) is 0 Å². The lowest BCUT2D eigenvalue weighted by Crippen LogP contribution is -2.29. The summed E-state index contributed by atoms with van der Waals surface area (Å²) in [5.74, 6) is 2.62. The third-order valence-corrected chi connectivity index (χ3v) is 5.04. The minimum Gasteiger partial charge on any atom is -0.310 e. The van der Waals surface area contributed by atoms with Gasteiger partial charge in [0.1, 0.15) is 5.82 Å².